The van der Waals surface area contributed by atoms with E-state index in [9.17, 15) is 4.79 Å². The van der Waals surface area contributed by atoms with E-state index in [0.29, 0.717) is 13.0 Å². The summed E-state index contributed by atoms with van der Waals surface area (Å²) in [4.78, 5) is 10.4. The Morgan fingerprint density at radius 3 is 2.31 bits per heavy atom. The van der Waals surface area contributed by atoms with Gasteiger partial charge in [-0.1, -0.05) is 49.9 Å². The van der Waals surface area contributed by atoms with Gasteiger partial charge >= 0.3 is 5.97 Å². The van der Waals surface area contributed by atoms with E-state index in [1.807, 2.05) is 50.3 Å². The number of hydrogen-bond acceptors (Lipinski definition) is 2. The van der Waals surface area contributed by atoms with Crippen LogP contribution in [0.1, 0.15) is 32.3 Å². The van der Waals surface area contributed by atoms with Crippen molar-refractivity contribution in [2.24, 2.45) is 0 Å². The minimum absolute atomic E-state index is 0.0880. The summed E-state index contributed by atoms with van der Waals surface area (Å²) < 4.78 is 4.64. The third-order valence-electron chi connectivity index (χ3n) is 1.79. The van der Waals surface area contributed by atoms with Crippen LogP contribution in [0.5, 0.6) is 0 Å². The molecule has 16 heavy (non-hydrogen) atoms. The summed E-state index contributed by atoms with van der Waals surface area (Å²) in [6.45, 7) is 7.90. The van der Waals surface area contributed by atoms with Crippen molar-refractivity contribution < 1.29 is 9.53 Å². The molecule has 0 aromatic heterocycles. The zero-order chi connectivity index (χ0) is 12.2. The lowest BCUT2D eigenvalue weighted by molar-refractivity contribution is -0.143. The van der Waals surface area contributed by atoms with Crippen LogP contribution in [-0.2, 0) is 9.53 Å². The van der Waals surface area contributed by atoms with Crippen molar-refractivity contribution in [3.8, 4) is 0 Å². The summed E-state index contributed by atoms with van der Waals surface area (Å²) >= 11 is 0. The second-order valence-corrected chi connectivity index (χ2v) is 3.17. The Morgan fingerprint density at radius 2 is 1.94 bits per heavy atom. The van der Waals surface area contributed by atoms with Gasteiger partial charge in [-0.2, -0.15) is 0 Å². The molecule has 1 aromatic carbocycles. The largest absolute Gasteiger partial charge is 0.466 e. The average Bonchev–Trinajstić information content (AvgIpc) is 2.32. The predicted octanol–water partition coefficient (Wildman–Crippen LogP) is 3.68. The van der Waals surface area contributed by atoms with Crippen LogP contribution in [0.2, 0.25) is 0 Å². The van der Waals surface area contributed by atoms with Gasteiger partial charge in [0, 0.05) is 6.42 Å². The maximum atomic E-state index is 10.4. The molecule has 0 aliphatic carbocycles. The Balaban J connectivity index is 0.000000281. The molecule has 88 valence electrons. The summed E-state index contributed by atoms with van der Waals surface area (Å²) in [5, 5.41) is 0. The van der Waals surface area contributed by atoms with Crippen LogP contribution in [0.15, 0.2) is 36.9 Å². The zero-order valence-electron chi connectivity index (χ0n) is 10.1. The molecule has 1 aromatic rings. The molecule has 0 aliphatic heterocycles. The fourth-order valence-corrected chi connectivity index (χ4v) is 1.03. The first-order chi connectivity index (χ1) is 7.74. The van der Waals surface area contributed by atoms with E-state index < -0.39 is 0 Å². The van der Waals surface area contributed by atoms with Crippen molar-refractivity contribution >= 4 is 12.0 Å². The smallest absolute Gasteiger partial charge is 0.305 e. The monoisotopic (exact) mass is 220 g/mol. The lowest BCUT2D eigenvalue weighted by Gasteiger charge is -1.96. The van der Waals surface area contributed by atoms with Crippen LogP contribution in [0, 0.1) is 0 Å². The Kier molecular flexibility index (Phi) is 8.99. The number of esters is 1. The van der Waals surface area contributed by atoms with Gasteiger partial charge in [0.15, 0.2) is 0 Å². The van der Waals surface area contributed by atoms with E-state index in [-0.39, 0.29) is 5.97 Å². The Bertz CT molecular complexity index is 283. The quantitative estimate of drug-likeness (QED) is 0.723. The van der Waals surface area contributed by atoms with Crippen LogP contribution < -0.4 is 0 Å². The van der Waals surface area contributed by atoms with Crippen molar-refractivity contribution in [3.05, 3.63) is 42.5 Å². The lowest BCUT2D eigenvalue weighted by Crippen LogP contribution is -2.01. The summed E-state index contributed by atoms with van der Waals surface area (Å²) in [5.74, 6) is -0.0880. The normalized spacial score (nSPS) is 8.62. The molecule has 0 aliphatic rings. The van der Waals surface area contributed by atoms with E-state index in [2.05, 4.69) is 11.3 Å². The zero-order valence-corrected chi connectivity index (χ0v) is 10.1. The molecule has 0 N–H and O–H groups in total. The van der Waals surface area contributed by atoms with Gasteiger partial charge in [0.1, 0.15) is 0 Å². The number of benzene rings is 1. The summed E-state index contributed by atoms with van der Waals surface area (Å²) in [5.41, 5.74) is 1.17. The molecule has 2 nitrogen and oxygen atoms in total. The molecule has 0 amide bonds. The first-order valence-electron chi connectivity index (χ1n) is 5.57. The highest BCUT2D eigenvalue weighted by Crippen LogP contribution is 1.97. The molecule has 0 saturated heterocycles. The fraction of sp³-hybridized carbons (Fsp3) is 0.357. The molecule has 0 heterocycles. The second-order valence-electron chi connectivity index (χ2n) is 3.17. The van der Waals surface area contributed by atoms with Crippen molar-refractivity contribution in [3.63, 3.8) is 0 Å². The molecule has 2 heteroatoms. The molecule has 0 atom stereocenters. The van der Waals surface area contributed by atoms with Crippen LogP contribution in [0.25, 0.3) is 6.08 Å². The van der Waals surface area contributed by atoms with Crippen LogP contribution in [0.3, 0.4) is 0 Å². The Hall–Kier alpha value is -1.57. The number of hydrogen-bond donors (Lipinski definition) is 0. The van der Waals surface area contributed by atoms with Gasteiger partial charge in [0.05, 0.1) is 6.61 Å². The maximum Gasteiger partial charge on any atom is 0.305 e. The van der Waals surface area contributed by atoms with E-state index in [4.69, 9.17) is 0 Å². The van der Waals surface area contributed by atoms with Gasteiger partial charge in [-0.25, -0.2) is 0 Å². The van der Waals surface area contributed by atoms with Gasteiger partial charge < -0.3 is 4.74 Å². The highest BCUT2D eigenvalue weighted by atomic mass is 16.5. The highest BCUT2D eigenvalue weighted by Gasteiger charge is 1.95. The van der Waals surface area contributed by atoms with Crippen molar-refractivity contribution in [1.82, 2.24) is 0 Å². The molecular weight excluding hydrogens is 200 g/mol. The molecule has 0 radical (unpaired) electrons. The van der Waals surface area contributed by atoms with Crippen molar-refractivity contribution in [1.29, 1.82) is 0 Å². The highest BCUT2D eigenvalue weighted by molar-refractivity contribution is 5.69. The molecule has 0 spiro atoms. The SMILES string of the molecule is C=Cc1ccccc1.CCCC(=O)OCC. The standard InChI is InChI=1S/C8H8.C6H12O2/c1-2-8-6-4-3-5-7-8;1-3-5-6(7)8-4-2/h2-7H,1H2;3-5H2,1-2H3. The fourth-order valence-electron chi connectivity index (χ4n) is 1.03. The molecule has 1 rings (SSSR count). The Morgan fingerprint density at radius 1 is 1.31 bits per heavy atom. The summed E-state index contributed by atoms with van der Waals surface area (Å²) in [6, 6.07) is 10.0. The third kappa shape index (κ3) is 7.80. The number of rotatable bonds is 4. The van der Waals surface area contributed by atoms with Crippen molar-refractivity contribution in [2.45, 2.75) is 26.7 Å². The number of carbonyl (C=O) groups excluding carboxylic acids is 1. The molecular formula is C14H20O2. The summed E-state index contributed by atoms with van der Waals surface area (Å²) in [7, 11) is 0. The number of ether oxygens (including phenoxy) is 1. The van der Waals surface area contributed by atoms with Crippen LogP contribution >= 0.6 is 0 Å². The second kappa shape index (κ2) is 9.97. The molecule has 0 saturated carbocycles. The maximum absolute atomic E-state index is 10.4. The van der Waals surface area contributed by atoms with Gasteiger partial charge in [-0.3, -0.25) is 4.79 Å². The topological polar surface area (TPSA) is 26.3 Å². The molecule has 0 fully saturated rings. The van der Waals surface area contributed by atoms with Crippen molar-refractivity contribution in [2.75, 3.05) is 6.61 Å². The third-order valence-corrected chi connectivity index (χ3v) is 1.79. The summed E-state index contributed by atoms with van der Waals surface area (Å²) in [6.07, 6.45) is 3.26. The van der Waals surface area contributed by atoms with Gasteiger partial charge in [-0.15, -0.1) is 0 Å². The van der Waals surface area contributed by atoms with Crippen LogP contribution in [-0.4, -0.2) is 12.6 Å². The van der Waals surface area contributed by atoms with E-state index in [1.165, 1.54) is 5.56 Å². The van der Waals surface area contributed by atoms with E-state index in [1.54, 1.807) is 0 Å². The van der Waals surface area contributed by atoms with Gasteiger partial charge in [0.2, 0.25) is 0 Å². The number of carbonyl (C=O) groups is 1. The Labute approximate surface area is 97.9 Å². The predicted molar refractivity (Wildman–Crippen MR) is 68.1 cm³/mol. The first-order valence-corrected chi connectivity index (χ1v) is 5.57. The van der Waals surface area contributed by atoms with Gasteiger partial charge in [-0.05, 0) is 18.9 Å². The van der Waals surface area contributed by atoms with E-state index in [0.717, 1.165) is 6.42 Å². The van der Waals surface area contributed by atoms with E-state index >= 15 is 0 Å². The molecule has 0 unspecified atom stereocenters. The molecule has 0 bridgehead atoms. The minimum Gasteiger partial charge on any atom is -0.466 e. The van der Waals surface area contributed by atoms with Gasteiger partial charge in [0.25, 0.3) is 0 Å². The minimum atomic E-state index is -0.0880. The lowest BCUT2D eigenvalue weighted by atomic mass is 10.2. The first kappa shape index (κ1) is 14.4. The average molecular weight is 220 g/mol. The van der Waals surface area contributed by atoms with Crippen LogP contribution in [0.4, 0.5) is 0 Å².